The molecule has 24 heavy (non-hydrogen) atoms. The zero-order valence-electron chi connectivity index (χ0n) is 15.2. The van der Waals surface area contributed by atoms with Crippen LogP contribution in [0.2, 0.25) is 5.02 Å². The van der Waals surface area contributed by atoms with E-state index in [1.54, 1.807) is 0 Å². The van der Waals surface area contributed by atoms with E-state index in [9.17, 15) is 0 Å². The fraction of sp³-hybridized carbons (Fsp3) is 0.684. The smallest absolute Gasteiger partial charge is 0.0429 e. The summed E-state index contributed by atoms with van der Waals surface area (Å²) < 4.78 is 0. The molecule has 134 valence electrons. The van der Waals surface area contributed by atoms with Crippen molar-refractivity contribution in [2.24, 2.45) is 0 Å². The molecule has 1 aromatic carbocycles. The van der Waals surface area contributed by atoms with Crippen LogP contribution in [0.5, 0.6) is 0 Å². The van der Waals surface area contributed by atoms with Gasteiger partial charge in [-0.05, 0) is 56.6 Å². The third-order valence-corrected chi connectivity index (χ3v) is 5.64. The zero-order chi connectivity index (χ0) is 16.9. The van der Waals surface area contributed by atoms with Gasteiger partial charge in [-0.15, -0.1) is 0 Å². The van der Waals surface area contributed by atoms with Crippen LogP contribution >= 0.6 is 11.6 Å². The lowest BCUT2D eigenvalue weighted by Gasteiger charge is -2.33. The fourth-order valence-electron chi connectivity index (χ4n) is 3.78. The molecular weight excluding hydrogens is 320 g/mol. The average molecular weight is 351 g/mol. The van der Waals surface area contributed by atoms with Crippen molar-refractivity contribution >= 4 is 17.3 Å². The lowest BCUT2D eigenvalue weighted by molar-refractivity contribution is 0.153. The number of piperazine rings is 2. The Balaban J connectivity index is 1.59. The molecule has 2 heterocycles. The van der Waals surface area contributed by atoms with E-state index in [-0.39, 0.29) is 0 Å². The number of likely N-dealkylation sites (N-methyl/N-ethyl adjacent to an activating group) is 1. The van der Waals surface area contributed by atoms with Crippen molar-refractivity contribution in [3.63, 3.8) is 0 Å². The van der Waals surface area contributed by atoms with Gasteiger partial charge in [0.15, 0.2) is 0 Å². The Labute approximate surface area is 151 Å². The van der Waals surface area contributed by atoms with Crippen molar-refractivity contribution < 1.29 is 0 Å². The summed E-state index contributed by atoms with van der Waals surface area (Å²) in [6.07, 6.45) is 2.34. The molecule has 1 N–H and O–H groups in total. The van der Waals surface area contributed by atoms with Crippen LogP contribution in [-0.2, 0) is 6.42 Å². The highest BCUT2D eigenvalue weighted by molar-refractivity contribution is 6.31. The predicted molar refractivity (Wildman–Crippen MR) is 104 cm³/mol. The molecule has 0 bridgehead atoms. The SMILES string of the molecule is Cc1c(CCCN2CCN(C)CC2)cc(Cl)cc1N1CCNCC1. The standard InChI is InChI=1S/C19H31ClN4/c1-16-17(4-3-7-23-12-10-22(2)11-13-23)14-18(20)15-19(16)24-8-5-21-6-9-24/h14-15,21H,3-13H2,1-2H3. The summed E-state index contributed by atoms with van der Waals surface area (Å²) in [5.74, 6) is 0. The van der Waals surface area contributed by atoms with Gasteiger partial charge >= 0.3 is 0 Å². The molecule has 2 aliphatic heterocycles. The molecule has 0 atom stereocenters. The number of halogens is 1. The first kappa shape index (κ1) is 18.0. The van der Waals surface area contributed by atoms with Crippen LogP contribution in [-0.4, -0.2) is 75.8 Å². The number of hydrogen-bond donors (Lipinski definition) is 1. The van der Waals surface area contributed by atoms with Crippen LogP contribution in [0.15, 0.2) is 12.1 Å². The maximum Gasteiger partial charge on any atom is 0.0429 e. The van der Waals surface area contributed by atoms with E-state index in [1.807, 2.05) is 0 Å². The van der Waals surface area contributed by atoms with Gasteiger partial charge in [0.1, 0.15) is 0 Å². The summed E-state index contributed by atoms with van der Waals surface area (Å²) in [6, 6.07) is 4.32. The maximum atomic E-state index is 6.43. The van der Waals surface area contributed by atoms with Crippen LogP contribution in [0.25, 0.3) is 0 Å². The van der Waals surface area contributed by atoms with Crippen LogP contribution < -0.4 is 10.2 Å². The van der Waals surface area contributed by atoms with Gasteiger partial charge in [-0.2, -0.15) is 0 Å². The van der Waals surface area contributed by atoms with Crippen molar-refractivity contribution in [1.29, 1.82) is 0 Å². The lowest BCUT2D eigenvalue weighted by Crippen LogP contribution is -2.44. The van der Waals surface area contributed by atoms with Gasteiger partial charge < -0.3 is 20.0 Å². The molecular formula is C19H31ClN4. The number of anilines is 1. The Morgan fingerprint density at radius 2 is 1.75 bits per heavy atom. The highest BCUT2D eigenvalue weighted by Crippen LogP contribution is 2.29. The fourth-order valence-corrected chi connectivity index (χ4v) is 4.01. The van der Waals surface area contributed by atoms with Gasteiger partial charge in [0.25, 0.3) is 0 Å². The van der Waals surface area contributed by atoms with Gasteiger partial charge in [0.2, 0.25) is 0 Å². The monoisotopic (exact) mass is 350 g/mol. The second-order valence-electron chi connectivity index (χ2n) is 7.19. The molecule has 0 unspecified atom stereocenters. The molecule has 2 aliphatic rings. The molecule has 5 heteroatoms. The highest BCUT2D eigenvalue weighted by Gasteiger charge is 2.17. The average Bonchev–Trinajstić information content (AvgIpc) is 2.60. The lowest BCUT2D eigenvalue weighted by atomic mass is 10.0. The van der Waals surface area contributed by atoms with E-state index < -0.39 is 0 Å². The molecule has 0 amide bonds. The number of nitrogens with one attached hydrogen (secondary N) is 1. The van der Waals surface area contributed by atoms with Gasteiger partial charge in [-0.25, -0.2) is 0 Å². The zero-order valence-corrected chi connectivity index (χ0v) is 15.9. The van der Waals surface area contributed by atoms with E-state index in [4.69, 9.17) is 11.6 Å². The first-order valence-corrected chi connectivity index (χ1v) is 9.67. The van der Waals surface area contributed by atoms with E-state index in [2.05, 4.69) is 46.1 Å². The van der Waals surface area contributed by atoms with Crippen LogP contribution in [0, 0.1) is 6.92 Å². The molecule has 1 aromatic rings. The third kappa shape index (κ3) is 4.63. The van der Waals surface area contributed by atoms with E-state index in [0.717, 1.165) is 37.6 Å². The summed E-state index contributed by atoms with van der Waals surface area (Å²) in [5.41, 5.74) is 4.17. The Hall–Kier alpha value is -0.810. The molecule has 0 aliphatic carbocycles. The number of benzene rings is 1. The first-order valence-electron chi connectivity index (χ1n) is 9.29. The normalized spacial score (nSPS) is 20.5. The topological polar surface area (TPSA) is 21.8 Å². The number of rotatable bonds is 5. The van der Waals surface area contributed by atoms with Crippen molar-refractivity contribution in [2.45, 2.75) is 19.8 Å². The Kier molecular flexibility index (Phi) is 6.39. The maximum absolute atomic E-state index is 6.43. The second kappa shape index (κ2) is 8.52. The molecule has 2 fully saturated rings. The van der Waals surface area contributed by atoms with Crippen LogP contribution in [0.1, 0.15) is 17.5 Å². The predicted octanol–water partition coefficient (Wildman–Crippen LogP) is 2.24. The number of aryl methyl sites for hydroxylation is 1. The van der Waals surface area contributed by atoms with Crippen molar-refractivity contribution in [1.82, 2.24) is 15.1 Å². The van der Waals surface area contributed by atoms with Crippen molar-refractivity contribution in [3.8, 4) is 0 Å². The molecule has 0 spiro atoms. The summed E-state index contributed by atoms with van der Waals surface area (Å²) >= 11 is 6.43. The minimum atomic E-state index is 0.878. The van der Waals surface area contributed by atoms with Crippen LogP contribution in [0.4, 0.5) is 5.69 Å². The van der Waals surface area contributed by atoms with Gasteiger partial charge in [-0.1, -0.05) is 11.6 Å². The van der Waals surface area contributed by atoms with E-state index in [0.29, 0.717) is 0 Å². The van der Waals surface area contributed by atoms with E-state index >= 15 is 0 Å². The van der Waals surface area contributed by atoms with Crippen molar-refractivity contribution in [2.75, 3.05) is 70.9 Å². The second-order valence-corrected chi connectivity index (χ2v) is 7.63. The summed E-state index contributed by atoms with van der Waals surface area (Å²) in [7, 11) is 2.21. The Bertz CT molecular complexity index is 534. The Morgan fingerprint density at radius 3 is 2.46 bits per heavy atom. The Morgan fingerprint density at radius 1 is 1.04 bits per heavy atom. The largest absolute Gasteiger partial charge is 0.369 e. The molecule has 0 aromatic heterocycles. The third-order valence-electron chi connectivity index (χ3n) is 5.43. The summed E-state index contributed by atoms with van der Waals surface area (Å²) in [5, 5.41) is 4.30. The number of nitrogens with zero attached hydrogens (tertiary/aromatic N) is 3. The van der Waals surface area contributed by atoms with E-state index in [1.165, 1.54) is 56.0 Å². The summed E-state index contributed by atoms with van der Waals surface area (Å²) in [4.78, 5) is 7.48. The summed E-state index contributed by atoms with van der Waals surface area (Å²) in [6.45, 7) is 12.5. The van der Waals surface area contributed by atoms with Crippen molar-refractivity contribution in [3.05, 3.63) is 28.3 Å². The molecule has 3 rings (SSSR count). The van der Waals surface area contributed by atoms with Crippen LogP contribution in [0.3, 0.4) is 0 Å². The molecule has 2 saturated heterocycles. The first-order chi connectivity index (χ1) is 11.6. The van der Waals surface area contributed by atoms with Gasteiger partial charge in [0.05, 0.1) is 0 Å². The molecule has 0 radical (unpaired) electrons. The minimum absolute atomic E-state index is 0.878. The van der Waals surface area contributed by atoms with Gasteiger partial charge in [-0.3, -0.25) is 0 Å². The number of hydrogen-bond acceptors (Lipinski definition) is 4. The molecule has 0 saturated carbocycles. The van der Waals surface area contributed by atoms with Gasteiger partial charge in [0, 0.05) is 63.1 Å². The highest BCUT2D eigenvalue weighted by atomic mass is 35.5. The minimum Gasteiger partial charge on any atom is -0.369 e. The quantitative estimate of drug-likeness (QED) is 0.879. The molecule has 4 nitrogen and oxygen atoms in total.